The zero-order valence-electron chi connectivity index (χ0n) is 11.6. The second-order valence-electron chi connectivity index (χ2n) is 5.84. The molecule has 0 aromatic carbocycles. The lowest BCUT2D eigenvalue weighted by molar-refractivity contribution is -0.157. The average Bonchev–Trinajstić information content (AvgIpc) is 2.42. The first-order valence-corrected chi connectivity index (χ1v) is 6.22. The Morgan fingerprint density at radius 2 is 1.78 bits per heavy atom. The molecule has 2 unspecified atom stereocenters. The van der Waals surface area contributed by atoms with E-state index in [1.165, 1.54) is 0 Å². The van der Waals surface area contributed by atoms with Gasteiger partial charge in [0, 0.05) is 6.42 Å². The van der Waals surface area contributed by atoms with Gasteiger partial charge in [-0.1, -0.05) is 27.7 Å². The van der Waals surface area contributed by atoms with Gasteiger partial charge in [0.25, 0.3) is 0 Å². The average molecular weight is 255 g/mol. The molecule has 0 saturated carbocycles. The maximum absolute atomic E-state index is 12.4. The maximum atomic E-state index is 12.4. The highest BCUT2D eigenvalue weighted by Crippen LogP contribution is 2.40. The standard InChI is InChI=1S/C13H21NO4/c1-7(2)10(11(16)17)14-9(15)6-13(5,8(3)4)12(14)18/h7-8,10H,6H2,1-5H3,(H,16,17). The van der Waals surface area contributed by atoms with Crippen LogP contribution in [-0.2, 0) is 14.4 Å². The number of hydrogen-bond acceptors (Lipinski definition) is 3. The van der Waals surface area contributed by atoms with E-state index in [1.54, 1.807) is 20.8 Å². The van der Waals surface area contributed by atoms with Crippen molar-refractivity contribution in [2.45, 2.75) is 47.1 Å². The summed E-state index contributed by atoms with van der Waals surface area (Å²) in [6.07, 6.45) is 0.0972. The van der Waals surface area contributed by atoms with E-state index in [0.29, 0.717) is 0 Å². The molecule has 0 bridgehead atoms. The van der Waals surface area contributed by atoms with Gasteiger partial charge in [-0.25, -0.2) is 4.79 Å². The van der Waals surface area contributed by atoms with Crippen LogP contribution in [0, 0.1) is 17.3 Å². The number of carboxylic acid groups (broad SMARTS) is 1. The normalized spacial score (nSPS) is 26.3. The molecule has 0 aromatic rings. The Kier molecular flexibility index (Phi) is 3.84. The van der Waals surface area contributed by atoms with Crippen molar-refractivity contribution in [2.24, 2.45) is 17.3 Å². The van der Waals surface area contributed by atoms with Gasteiger partial charge in [0.15, 0.2) is 0 Å². The molecule has 1 fully saturated rings. The number of likely N-dealkylation sites (tertiary alicyclic amines) is 1. The molecule has 1 heterocycles. The quantitative estimate of drug-likeness (QED) is 0.773. The Morgan fingerprint density at radius 3 is 2.06 bits per heavy atom. The minimum absolute atomic E-state index is 0.000516. The number of hydrogen-bond donors (Lipinski definition) is 1. The van der Waals surface area contributed by atoms with Gasteiger partial charge in [0.1, 0.15) is 6.04 Å². The molecule has 1 saturated heterocycles. The van der Waals surface area contributed by atoms with E-state index < -0.39 is 17.4 Å². The summed E-state index contributed by atoms with van der Waals surface area (Å²) in [5, 5.41) is 9.20. The molecule has 18 heavy (non-hydrogen) atoms. The fraction of sp³-hybridized carbons (Fsp3) is 0.769. The number of aliphatic carboxylic acids is 1. The predicted molar refractivity (Wildman–Crippen MR) is 65.7 cm³/mol. The second kappa shape index (κ2) is 4.71. The molecule has 0 spiro atoms. The summed E-state index contributed by atoms with van der Waals surface area (Å²) in [5.74, 6) is -2.16. The van der Waals surface area contributed by atoms with Gasteiger partial charge in [-0.2, -0.15) is 0 Å². The van der Waals surface area contributed by atoms with E-state index in [2.05, 4.69) is 0 Å². The lowest BCUT2D eigenvalue weighted by Crippen LogP contribution is -2.49. The smallest absolute Gasteiger partial charge is 0.327 e. The van der Waals surface area contributed by atoms with Crippen LogP contribution >= 0.6 is 0 Å². The zero-order valence-corrected chi connectivity index (χ0v) is 11.6. The fourth-order valence-electron chi connectivity index (χ4n) is 2.29. The van der Waals surface area contributed by atoms with E-state index in [0.717, 1.165) is 4.90 Å². The number of amides is 2. The number of rotatable bonds is 4. The minimum Gasteiger partial charge on any atom is -0.480 e. The lowest BCUT2D eigenvalue weighted by atomic mass is 9.77. The number of imide groups is 1. The Labute approximate surface area is 107 Å². The van der Waals surface area contributed by atoms with Crippen LogP contribution < -0.4 is 0 Å². The Balaban J connectivity index is 3.15. The zero-order chi connectivity index (χ0) is 14.2. The van der Waals surface area contributed by atoms with Gasteiger partial charge in [-0.3, -0.25) is 14.5 Å². The van der Waals surface area contributed by atoms with Crippen LogP contribution in [-0.4, -0.2) is 33.8 Å². The topological polar surface area (TPSA) is 74.7 Å². The largest absolute Gasteiger partial charge is 0.480 e. The van der Waals surface area contributed by atoms with Crippen LogP contribution in [0.5, 0.6) is 0 Å². The van der Waals surface area contributed by atoms with E-state index in [9.17, 15) is 19.5 Å². The molecule has 2 amide bonds. The van der Waals surface area contributed by atoms with Gasteiger partial charge in [-0.15, -0.1) is 0 Å². The number of nitrogens with zero attached hydrogens (tertiary/aromatic N) is 1. The summed E-state index contributed by atoms with van der Waals surface area (Å²) in [4.78, 5) is 36.6. The van der Waals surface area contributed by atoms with E-state index in [-0.39, 0.29) is 30.1 Å². The van der Waals surface area contributed by atoms with Crippen molar-refractivity contribution in [3.05, 3.63) is 0 Å². The van der Waals surface area contributed by atoms with Crippen LogP contribution in [0.1, 0.15) is 41.0 Å². The highest BCUT2D eigenvalue weighted by atomic mass is 16.4. The molecule has 102 valence electrons. The highest BCUT2D eigenvalue weighted by molar-refractivity contribution is 6.08. The van der Waals surface area contributed by atoms with Gasteiger partial charge in [-0.05, 0) is 18.8 Å². The first kappa shape index (κ1) is 14.7. The first-order valence-electron chi connectivity index (χ1n) is 6.22. The predicted octanol–water partition coefficient (Wildman–Crippen LogP) is 1.52. The highest BCUT2D eigenvalue weighted by Gasteiger charge is 2.53. The Bertz CT molecular complexity index is 388. The summed E-state index contributed by atoms with van der Waals surface area (Å²) < 4.78 is 0. The molecule has 5 nitrogen and oxygen atoms in total. The molecule has 0 aliphatic carbocycles. The van der Waals surface area contributed by atoms with Gasteiger partial charge in [0.05, 0.1) is 5.41 Å². The number of carboxylic acids is 1. The van der Waals surface area contributed by atoms with Crippen LogP contribution in [0.2, 0.25) is 0 Å². The molecule has 1 N–H and O–H groups in total. The van der Waals surface area contributed by atoms with Gasteiger partial charge < -0.3 is 5.11 Å². The van der Waals surface area contributed by atoms with E-state index >= 15 is 0 Å². The number of carbonyl (C=O) groups excluding carboxylic acids is 2. The molecule has 2 atom stereocenters. The third-order valence-corrected chi connectivity index (χ3v) is 3.93. The third kappa shape index (κ3) is 2.13. The van der Waals surface area contributed by atoms with Crippen LogP contribution in [0.15, 0.2) is 0 Å². The molecule has 0 aromatic heterocycles. The Hall–Kier alpha value is -1.39. The molecule has 1 aliphatic rings. The number of carbonyl (C=O) groups is 3. The summed E-state index contributed by atoms with van der Waals surface area (Å²) in [7, 11) is 0. The molecule has 1 aliphatic heterocycles. The van der Waals surface area contributed by atoms with Crippen molar-refractivity contribution in [1.82, 2.24) is 4.90 Å². The van der Waals surface area contributed by atoms with Crippen LogP contribution in [0.3, 0.4) is 0 Å². The summed E-state index contributed by atoms with van der Waals surface area (Å²) in [6, 6.07) is -1.06. The van der Waals surface area contributed by atoms with Crippen molar-refractivity contribution in [1.29, 1.82) is 0 Å². The molecule has 5 heteroatoms. The Morgan fingerprint density at radius 1 is 1.28 bits per heavy atom. The summed E-state index contributed by atoms with van der Waals surface area (Å²) in [6.45, 7) is 8.88. The second-order valence-corrected chi connectivity index (χ2v) is 5.84. The lowest BCUT2D eigenvalue weighted by Gasteiger charge is -2.30. The van der Waals surface area contributed by atoms with Crippen molar-refractivity contribution in [3.63, 3.8) is 0 Å². The van der Waals surface area contributed by atoms with Gasteiger partial charge in [0.2, 0.25) is 11.8 Å². The van der Waals surface area contributed by atoms with Gasteiger partial charge >= 0.3 is 5.97 Å². The van der Waals surface area contributed by atoms with Crippen LogP contribution in [0.25, 0.3) is 0 Å². The third-order valence-electron chi connectivity index (χ3n) is 3.93. The van der Waals surface area contributed by atoms with E-state index in [1.807, 2.05) is 13.8 Å². The summed E-state index contributed by atoms with van der Waals surface area (Å²) in [5.41, 5.74) is -0.778. The van der Waals surface area contributed by atoms with Crippen molar-refractivity contribution in [3.8, 4) is 0 Å². The molecule has 1 rings (SSSR count). The first-order chi connectivity index (χ1) is 8.12. The fourth-order valence-corrected chi connectivity index (χ4v) is 2.29. The molecular formula is C13H21NO4. The van der Waals surface area contributed by atoms with E-state index in [4.69, 9.17) is 0 Å². The monoisotopic (exact) mass is 255 g/mol. The van der Waals surface area contributed by atoms with Crippen molar-refractivity contribution in [2.75, 3.05) is 0 Å². The summed E-state index contributed by atoms with van der Waals surface area (Å²) >= 11 is 0. The van der Waals surface area contributed by atoms with Crippen LogP contribution in [0.4, 0.5) is 0 Å². The minimum atomic E-state index is -1.13. The molecular weight excluding hydrogens is 234 g/mol. The van der Waals surface area contributed by atoms with Crippen molar-refractivity contribution >= 4 is 17.8 Å². The van der Waals surface area contributed by atoms with Crippen molar-refractivity contribution < 1.29 is 19.5 Å². The SMILES string of the molecule is CC(C)C(C(=O)O)N1C(=O)CC(C)(C(C)C)C1=O. The maximum Gasteiger partial charge on any atom is 0.327 e. The molecule has 0 radical (unpaired) electrons.